The van der Waals surface area contributed by atoms with Crippen LogP contribution in [0.2, 0.25) is 0 Å². The molecule has 1 heterocycles. The van der Waals surface area contributed by atoms with E-state index in [0.717, 1.165) is 0 Å². The SMILES string of the molecule is C=Cc1nnc(C(=O)OCC)o1. The monoisotopic (exact) mass is 168 g/mol. The van der Waals surface area contributed by atoms with Crippen LogP contribution in [0.25, 0.3) is 6.08 Å². The molecule has 0 bridgehead atoms. The first kappa shape index (κ1) is 8.45. The maximum atomic E-state index is 10.9. The molecule has 1 aromatic heterocycles. The summed E-state index contributed by atoms with van der Waals surface area (Å²) in [5, 5.41) is 6.95. The van der Waals surface area contributed by atoms with Gasteiger partial charge in [0.05, 0.1) is 6.61 Å². The number of carbonyl (C=O) groups is 1. The molecule has 0 N–H and O–H groups in total. The molecule has 0 saturated carbocycles. The second-order valence-electron chi connectivity index (χ2n) is 1.87. The molecule has 64 valence electrons. The van der Waals surface area contributed by atoms with Gasteiger partial charge in [0.15, 0.2) is 0 Å². The van der Waals surface area contributed by atoms with Gasteiger partial charge in [0.25, 0.3) is 0 Å². The smallest absolute Gasteiger partial charge is 0.396 e. The Balaban J connectivity index is 2.74. The van der Waals surface area contributed by atoms with Gasteiger partial charge in [0.1, 0.15) is 0 Å². The molecule has 5 nitrogen and oxygen atoms in total. The molecule has 1 aromatic rings. The van der Waals surface area contributed by atoms with Crippen molar-refractivity contribution in [3.63, 3.8) is 0 Å². The van der Waals surface area contributed by atoms with Crippen molar-refractivity contribution in [3.05, 3.63) is 18.4 Å². The summed E-state index contributed by atoms with van der Waals surface area (Å²) in [6.07, 6.45) is 1.36. The molecule has 1 rings (SSSR count). The lowest BCUT2D eigenvalue weighted by molar-refractivity contribution is 0.0480. The quantitative estimate of drug-likeness (QED) is 0.627. The number of aromatic nitrogens is 2. The number of esters is 1. The lowest BCUT2D eigenvalue weighted by atomic mass is 10.6. The molecule has 12 heavy (non-hydrogen) atoms. The van der Waals surface area contributed by atoms with Crippen molar-refractivity contribution in [2.24, 2.45) is 0 Å². The van der Waals surface area contributed by atoms with Crippen molar-refractivity contribution in [1.29, 1.82) is 0 Å². The molecule has 0 unspecified atom stereocenters. The van der Waals surface area contributed by atoms with Gasteiger partial charge in [-0.15, -0.1) is 10.2 Å². The van der Waals surface area contributed by atoms with Crippen LogP contribution in [-0.4, -0.2) is 22.8 Å². The van der Waals surface area contributed by atoms with E-state index in [1.54, 1.807) is 6.92 Å². The van der Waals surface area contributed by atoms with E-state index in [1.807, 2.05) is 0 Å². The van der Waals surface area contributed by atoms with E-state index >= 15 is 0 Å². The van der Waals surface area contributed by atoms with Crippen LogP contribution in [0.4, 0.5) is 0 Å². The predicted octanol–water partition coefficient (Wildman–Crippen LogP) is 0.889. The van der Waals surface area contributed by atoms with E-state index < -0.39 is 5.97 Å². The largest absolute Gasteiger partial charge is 0.459 e. The Labute approximate surface area is 69.0 Å². The zero-order valence-corrected chi connectivity index (χ0v) is 6.61. The minimum absolute atomic E-state index is 0.147. The summed E-state index contributed by atoms with van der Waals surface area (Å²) in [6, 6.07) is 0. The van der Waals surface area contributed by atoms with E-state index in [0.29, 0.717) is 0 Å². The van der Waals surface area contributed by atoms with Gasteiger partial charge in [-0.1, -0.05) is 6.58 Å². The lowest BCUT2D eigenvalue weighted by Crippen LogP contribution is -2.04. The highest BCUT2D eigenvalue weighted by atomic mass is 16.5. The summed E-state index contributed by atoms with van der Waals surface area (Å²) < 4.78 is 9.45. The highest BCUT2D eigenvalue weighted by Gasteiger charge is 2.13. The Morgan fingerprint density at radius 1 is 1.75 bits per heavy atom. The fraction of sp³-hybridized carbons (Fsp3) is 0.286. The molecule has 0 spiro atoms. The van der Waals surface area contributed by atoms with E-state index in [2.05, 4.69) is 21.5 Å². The van der Waals surface area contributed by atoms with Crippen molar-refractivity contribution >= 4 is 12.0 Å². The Bertz CT molecular complexity index is 293. The Hall–Kier alpha value is -1.65. The second kappa shape index (κ2) is 3.66. The maximum absolute atomic E-state index is 10.9. The van der Waals surface area contributed by atoms with Gasteiger partial charge >= 0.3 is 11.9 Å². The first-order valence-electron chi connectivity index (χ1n) is 3.41. The predicted molar refractivity (Wildman–Crippen MR) is 40.3 cm³/mol. The number of hydrogen-bond donors (Lipinski definition) is 0. The number of rotatable bonds is 3. The average molecular weight is 168 g/mol. The first-order valence-corrected chi connectivity index (χ1v) is 3.41. The Kier molecular flexibility index (Phi) is 2.57. The van der Waals surface area contributed by atoms with Gasteiger partial charge in [-0.05, 0) is 13.0 Å². The summed E-state index contributed by atoms with van der Waals surface area (Å²) in [5.41, 5.74) is 0. The molecule has 0 aliphatic heterocycles. The summed E-state index contributed by atoms with van der Waals surface area (Å²) in [4.78, 5) is 10.9. The van der Waals surface area contributed by atoms with Crippen molar-refractivity contribution in [3.8, 4) is 0 Å². The van der Waals surface area contributed by atoms with Gasteiger partial charge in [0.2, 0.25) is 5.89 Å². The van der Waals surface area contributed by atoms with Crippen molar-refractivity contribution in [2.75, 3.05) is 6.61 Å². The third kappa shape index (κ3) is 1.69. The molecular weight excluding hydrogens is 160 g/mol. The van der Waals surface area contributed by atoms with Crippen LogP contribution in [0.5, 0.6) is 0 Å². The van der Waals surface area contributed by atoms with E-state index in [1.165, 1.54) is 6.08 Å². The van der Waals surface area contributed by atoms with Gasteiger partial charge in [-0.25, -0.2) is 4.79 Å². The fourth-order valence-corrected chi connectivity index (χ4v) is 0.592. The van der Waals surface area contributed by atoms with Crippen LogP contribution >= 0.6 is 0 Å². The number of hydrogen-bond acceptors (Lipinski definition) is 5. The van der Waals surface area contributed by atoms with Crippen molar-refractivity contribution < 1.29 is 13.9 Å². The molecular formula is C7H8N2O3. The van der Waals surface area contributed by atoms with Crippen LogP contribution in [-0.2, 0) is 4.74 Å². The second-order valence-corrected chi connectivity index (χ2v) is 1.87. The van der Waals surface area contributed by atoms with Crippen molar-refractivity contribution in [1.82, 2.24) is 10.2 Å². The van der Waals surface area contributed by atoms with Crippen LogP contribution < -0.4 is 0 Å². The van der Waals surface area contributed by atoms with Gasteiger partial charge in [0, 0.05) is 0 Å². The normalized spacial score (nSPS) is 9.42. The number of nitrogens with zero attached hydrogens (tertiary/aromatic N) is 2. The first-order chi connectivity index (χ1) is 5.77. The van der Waals surface area contributed by atoms with Crippen molar-refractivity contribution in [2.45, 2.75) is 6.92 Å². The molecule has 0 radical (unpaired) electrons. The zero-order valence-electron chi connectivity index (χ0n) is 6.61. The molecule has 0 aliphatic rings. The molecule has 0 fully saturated rings. The number of carbonyl (C=O) groups excluding carboxylic acids is 1. The molecule has 0 aromatic carbocycles. The zero-order chi connectivity index (χ0) is 8.97. The number of ether oxygens (including phenoxy) is 1. The summed E-state index contributed by atoms with van der Waals surface area (Å²) in [7, 11) is 0. The van der Waals surface area contributed by atoms with Crippen LogP contribution in [0.15, 0.2) is 11.0 Å². The van der Waals surface area contributed by atoms with Gasteiger partial charge < -0.3 is 9.15 Å². The highest BCUT2D eigenvalue weighted by Crippen LogP contribution is 2.01. The Morgan fingerprint density at radius 2 is 2.50 bits per heavy atom. The van der Waals surface area contributed by atoms with E-state index in [-0.39, 0.29) is 18.4 Å². The fourth-order valence-electron chi connectivity index (χ4n) is 0.592. The average Bonchev–Trinajstić information content (AvgIpc) is 2.52. The molecule has 0 atom stereocenters. The molecule has 0 amide bonds. The molecule has 0 aliphatic carbocycles. The summed E-state index contributed by atoms with van der Waals surface area (Å²) >= 11 is 0. The molecule has 0 saturated heterocycles. The van der Waals surface area contributed by atoms with Gasteiger partial charge in [-0.3, -0.25) is 0 Å². The van der Waals surface area contributed by atoms with E-state index in [9.17, 15) is 4.79 Å². The summed E-state index contributed by atoms with van der Waals surface area (Å²) in [6.45, 7) is 5.38. The molecule has 5 heteroatoms. The standard InChI is InChI=1S/C7H8N2O3/c1-3-5-8-9-6(12-5)7(10)11-4-2/h3H,1,4H2,2H3. The summed E-state index contributed by atoms with van der Waals surface area (Å²) in [5.74, 6) is -0.553. The van der Waals surface area contributed by atoms with Gasteiger partial charge in [-0.2, -0.15) is 0 Å². The minimum atomic E-state index is -0.613. The lowest BCUT2D eigenvalue weighted by Gasteiger charge is -1.93. The maximum Gasteiger partial charge on any atom is 0.396 e. The van der Waals surface area contributed by atoms with E-state index in [4.69, 9.17) is 4.42 Å². The highest BCUT2D eigenvalue weighted by molar-refractivity contribution is 5.84. The topological polar surface area (TPSA) is 65.2 Å². The third-order valence-corrected chi connectivity index (χ3v) is 1.07. The minimum Gasteiger partial charge on any atom is -0.459 e. The Morgan fingerprint density at radius 3 is 3.00 bits per heavy atom. The van der Waals surface area contributed by atoms with Crippen LogP contribution in [0.3, 0.4) is 0 Å². The van der Waals surface area contributed by atoms with Crippen LogP contribution in [0, 0.1) is 0 Å². The van der Waals surface area contributed by atoms with Crippen LogP contribution in [0.1, 0.15) is 23.5 Å². The third-order valence-electron chi connectivity index (χ3n) is 1.07.